The molecule has 2 rings (SSSR count). The number of methoxy groups -OCH3 is 2. The van der Waals surface area contributed by atoms with E-state index in [0.717, 1.165) is 26.1 Å². The van der Waals surface area contributed by atoms with Crippen molar-refractivity contribution in [1.29, 1.82) is 0 Å². The van der Waals surface area contributed by atoms with Crippen molar-refractivity contribution in [1.82, 2.24) is 9.21 Å². The zero-order valence-corrected chi connectivity index (χ0v) is 16.1. The van der Waals surface area contributed by atoms with Gasteiger partial charge in [-0.05, 0) is 35.0 Å². The maximum Gasteiger partial charge on any atom is 0.244 e. The number of benzene rings is 1. The molecule has 6 nitrogen and oxygen atoms in total. The van der Waals surface area contributed by atoms with Gasteiger partial charge in [-0.2, -0.15) is 4.31 Å². The fourth-order valence-corrected chi connectivity index (χ4v) is 5.10. The molecule has 0 atom stereocenters. The Morgan fingerprint density at radius 3 is 2.17 bits per heavy atom. The van der Waals surface area contributed by atoms with Crippen molar-refractivity contribution in [2.24, 2.45) is 0 Å². The number of hydrogen-bond acceptors (Lipinski definition) is 5. The highest BCUT2D eigenvalue weighted by Gasteiger charge is 2.30. The van der Waals surface area contributed by atoms with E-state index in [9.17, 15) is 8.42 Å². The van der Waals surface area contributed by atoms with Gasteiger partial charge in [-0.25, -0.2) is 8.42 Å². The van der Waals surface area contributed by atoms with Crippen molar-refractivity contribution in [3.63, 3.8) is 0 Å². The van der Waals surface area contributed by atoms with Crippen LogP contribution in [0.4, 0.5) is 0 Å². The van der Waals surface area contributed by atoms with Gasteiger partial charge in [0.1, 0.15) is 4.90 Å². The van der Waals surface area contributed by atoms with E-state index < -0.39 is 10.0 Å². The third-order valence-corrected chi connectivity index (χ3v) is 6.78. The van der Waals surface area contributed by atoms with Crippen LogP contribution in [0.1, 0.15) is 13.3 Å². The molecule has 0 unspecified atom stereocenters. The van der Waals surface area contributed by atoms with E-state index >= 15 is 0 Å². The Balaban J connectivity index is 2.27. The van der Waals surface area contributed by atoms with Crippen molar-refractivity contribution in [3.8, 4) is 11.5 Å². The maximum atomic E-state index is 12.9. The fraction of sp³-hybridized carbons (Fsp3) is 0.600. The molecule has 0 aliphatic carbocycles. The summed E-state index contributed by atoms with van der Waals surface area (Å²) in [6.07, 6.45) is 1.08. The molecule has 0 N–H and O–H groups in total. The van der Waals surface area contributed by atoms with Gasteiger partial charge in [0.15, 0.2) is 11.5 Å². The van der Waals surface area contributed by atoms with Gasteiger partial charge >= 0.3 is 0 Å². The molecule has 130 valence electrons. The summed E-state index contributed by atoms with van der Waals surface area (Å²) in [7, 11) is -0.553. The van der Waals surface area contributed by atoms with Gasteiger partial charge in [0, 0.05) is 36.7 Å². The molecule has 0 spiro atoms. The number of sulfonamides is 1. The van der Waals surface area contributed by atoms with Crippen molar-refractivity contribution in [2.45, 2.75) is 18.2 Å². The predicted octanol–water partition coefficient (Wildman–Crippen LogP) is 2.18. The largest absolute Gasteiger partial charge is 0.493 e. The molecule has 1 aliphatic heterocycles. The van der Waals surface area contributed by atoms with Gasteiger partial charge in [-0.1, -0.05) is 6.92 Å². The summed E-state index contributed by atoms with van der Waals surface area (Å²) in [4.78, 5) is 2.49. The highest BCUT2D eigenvalue weighted by molar-refractivity contribution is 9.10. The lowest BCUT2D eigenvalue weighted by Gasteiger charge is -2.34. The second kappa shape index (κ2) is 7.83. The second-order valence-electron chi connectivity index (χ2n) is 5.38. The number of nitrogens with zero attached hydrogens (tertiary/aromatic N) is 2. The van der Waals surface area contributed by atoms with E-state index in [1.54, 1.807) is 6.07 Å². The summed E-state index contributed by atoms with van der Waals surface area (Å²) >= 11 is 3.34. The van der Waals surface area contributed by atoms with Crippen LogP contribution in [-0.4, -0.2) is 64.6 Å². The smallest absolute Gasteiger partial charge is 0.244 e. The standard InChI is InChI=1S/C15H23BrN2O4S/c1-4-5-17-6-8-18(9-7-17)23(19,20)15-11-14(22-3)13(21-2)10-12(15)16/h10-11H,4-9H2,1-3H3. The second-order valence-corrected chi connectivity index (χ2v) is 8.14. The molecular formula is C15H23BrN2O4S. The molecule has 0 saturated carbocycles. The zero-order chi connectivity index (χ0) is 17.0. The van der Waals surface area contributed by atoms with Crippen LogP contribution in [0.15, 0.2) is 21.5 Å². The summed E-state index contributed by atoms with van der Waals surface area (Å²) in [6, 6.07) is 3.13. The molecule has 0 bridgehead atoms. The maximum absolute atomic E-state index is 12.9. The Hall–Kier alpha value is -0.830. The van der Waals surface area contributed by atoms with Crippen LogP contribution in [0.5, 0.6) is 11.5 Å². The summed E-state index contributed by atoms with van der Waals surface area (Å²) in [5.41, 5.74) is 0. The molecule has 1 aromatic rings. The van der Waals surface area contributed by atoms with Crippen LogP contribution in [0.3, 0.4) is 0 Å². The lowest BCUT2D eigenvalue weighted by Crippen LogP contribution is -2.48. The van der Waals surface area contributed by atoms with Gasteiger partial charge in [-0.3, -0.25) is 0 Å². The first-order valence-electron chi connectivity index (χ1n) is 7.58. The number of rotatable bonds is 6. The number of halogens is 1. The molecule has 8 heteroatoms. The molecule has 1 fully saturated rings. The van der Waals surface area contributed by atoms with Gasteiger partial charge in [0.25, 0.3) is 0 Å². The lowest BCUT2D eigenvalue weighted by molar-refractivity contribution is 0.188. The molecule has 1 aromatic carbocycles. The Morgan fingerprint density at radius 2 is 1.65 bits per heavy atom. The average Bonchev–Trinajstić information content (AvgIpc) is 2.55. The summed E-state index contributed by atoms with van der Waals surface area (Å²) in [5.74, 6) is 0.894. The van der Waals surface area contributed by atoms with Gasteiger partial charge in [0.05, 0.1) is 14.2 Å². The number of piperazine rings is 1. The first kappa shape index (κ1) is 18.5. The molecule has 0 radical (unpaired) electrons. The molecule has 1 saturated heterocycles. The SMILES string of the molecule is CCCN1CCN(S(=O)(=O)c2cc(OC)c(OC)cc2Br)CC1. The quantitative estimate of drug-likeness (QED) is 0.724. The molecular weight excluding hydrogens is 384 g/mol. The van der Waals surface area contributed by atoms with E-state index in [1.165, 1.54) is 24.6 Å². The topological polar surface area (TPSA) is 59.1 Å². The van der Waals surface area contributed by atoms with Gasteiger partial charge in [-0.15, -0.1) is 0 Å². The van der Waals surface area contributed by atoms with E-state index in [4.69, 9.17) is 9.47 Å². The van der Waals surface area contributed by atoms with Crippen LogP contribution in [0.25, 0.3) is 0 Å². The third kappa shape index (κ3) is 3.99. The Labute approximate surface area is 146 Å². The van der Waals surface area contributed by atoms with E-state index in [0.29, 0.717) is 29.1 Å². The van der Waals surface area contributed by atoms with Crippen molar-refractivity contribution >= 4 is 26.0 Å². The molecule has 0 amide bonds. The van der Waals surface area contributed by atoms with Crippen LogP contribution >= 0.6 is 15.9 Å². The monoisotopic (exact) mass is 406 g/mol. The summed E-state index contributed by atoms with van der Waals surface area (Å²) in [6.45, 7) is 5.67. The van der Waals surface area contributed by atoms with Crippen LogP contribution < -0.4 is 9.47 Å². The average molecular weight is 407 g/mol. The van der Waals surface area contributed by atoms with Gasteiger partial charge in [0.2, 0.25) is 10.0 Å². The van der Waals surface area contributed by atoms with Crippen LogP contribution in [0, 0.1) is 0 Å². The highest BCUT2D eigenvalue weighted by Crippen LogP contribution is 2.36. The molecule has 1 heterocycles. The Bertz CT molecular complexity index is 643. The minimum absolute atomic E-state index is 0.207. The Kier molecular flexibility index (Phi) is 6.30. The van der Waals surface area contributed by atoms with Crippen molar-refractivity contribution in [2.75, 3.05) is 46.9 Å². The normalized spacial score (nSPS) is 17.2. The zero-order valence-electron chi connectivity index (χ0n) is 13.7. The highest BCUT2D eigenvalue weighted by atomic mass is 79.9. The lowest BCUT2D eigenvalue weighted by atomic mass is 10.3. The van der Waals surface area contributed by atoms with Crippen molar-refractivity contribution < 1.29 is 17.9 Å². The van der Waals surface area contributed by atoms with Gasteiger partial charge < -0.3 is 14.4 Å². The molecule has 23 heavy (non-hydrogen) atoms. The fourth-order valence-electron chi connectivity index (χ4n) is 2.68. The third-order valence-electron chi connectivity index (χ3n) is 3.93. The number of hydrogen-bond donors (Lipinski definition) is 0. The summed E-state index contributed by atoms with van der Waals surface area (Å²) < 4.78 is 38.3. The number of ether oxygens (including phenoxy) is 2. The minimum Gasteiger partial charge on any atom is -0.493 e. The predicted molar refractivity (Wildman–Crippen MR) is 92.7 cm³/mol. The first-order valence-corrected chi connectivity index (χ1v) is 9.81. The Morgan fingerprint density at radius 1 is 1.09 bits per heavy atom. The van der Waals surface area contributed by atoms with Crippen molar-refractivity contribution in [3.05, 3.63) is 16.6 Å². The summed E-state index contributed by atoms with van der Waals surface area (Å²) in [5, 5.41) is 0. The molecule has 1 aliphatic rings. The van der Waals surface area contributed by atoms with E-state index in [2.05, 4.69) is 27.8 Å². The van der Waals surface area contributed by atoms with E-state index in [1.807, 2.05) is 0 Å². The van der Waals surface area contributed by atoms with Crippen LogP contribution in [0.2, 0.25) is 0 Å². The van der Waals surface area contributed by atoms with E-state index in [-0.39, 0.29) is 4.90 Å². The first-order chi connectivity index (χ1) is 10.9. The van der Waals surface area contributed by atoms with Crippen LogP contribution in [-0.2, 0) is 10.0 Å². The molecule has 0 aromatic heterocycles. The minimum atomic E-state index is -3.56.